The summed E-state index contributed by atoms with van der Waals surface area (Å²) in [6.45, 7) is 4.06. The maximum absolute atomic E-state index is 12.5. The van der Waals surface area contributed by atoms with Crippen molar-refractivity contribution in [1.29, 1.82) is 0 Å². The standard InChI is InChI=1S/C22H25Cl2NOS2/c1-14-6-5-7-15(2)22(14)25-21(26)13-27-19-8-3-4-9-20(19)28-16-10-11-17(23)18(24)12-16/h5-7,10-12,19-20H,3-4,8-9,13H2,1-2H3,(H,25,26). The minimum atomic E-state index is 0.0752. The number of hydrogen-bond donors (Lipinski definition) is 1. The average molecular weight is 454 g/mol. The van der Waals surface area contributed by atoms with E-state index in [1.807, 2.05) is 62.0 Å². The highest BCUT2D eigenvalue weighted by molar-refractivity contribution is 8.04. The third-order valence-electron chi connectivity index (χ3n) is 4.99. The Bertz CT molecular complexity index is 823. The van der Waals surface area contributed by atoms with Crippen molar-refractivity contribution < 1.29 is 4.79 Å². The van der Waals surface area contributed by atoms with Gasteiger partial charge in [0.1, 0.15) is 0 Å². The molecule has 0 aliphatic heterocycles. The van der Waals surface area contributed by atoms with E-state index in [1.165, 1.54) is 19.3 Å². The molecule has 1 N–H and O–H groups in total. The lowest BCUT2D eigenvalue weighted by molar-refractivity contribution is -0.113. The number of hydrogen-bond acceptors (Lipinski definition) is 3. The fraction of sp³-hybridized carbons (Fsp3) is 0.409. The molecule has 2 nitrogen and oxygen atoms in total. The van der Waals surface area contributed by atoms with E-state index >= 15 is 0 Å². The van der Waals surface area contributed by atoms with E-state index in [9.17, 15) is 4.79 Å². The Balaban J connectivity index is 1.58. The van der Waals surface area contributed by atoms with E-state index in [-0.39, 0.29) is 5.91 Å². The molecule has 3 rings (SSSR count). The smallest absolute Gasteiger partial charge is 0.234 e. The summed E-state index contributed by atoms with van der Waals surface area (Å²) >= 11 is 15.8. The number of benzene rings is 2. The summed E-state index contributed by atoms with van der Waals surface area (Å²) in [5.41, 5.74) is 3.15. The molecule has 2 atom stereocenters. The molecule has 0 aromatic heterocycles. The zero-order chi connectivity index (χ0) is 20.1. The number of aryl methyl sites for hydroxylation is 2. The van der Waals surface area contributed by atoms with Crippen LogP contribution in [0.2, 0.25) is 10.0 Å². The molecular weight excluding hydrogens is 429 g/mol. The van der Waals surface area contributed by atoms with Crippen LogP contribution in [-0.2, 0) is 4.79 Å². The van der Waals surface area contributed by atoms with Crippen LogP contribution in [0.25, 0.3) is 0 Å². The van der Waals surface area contributed by atoms with Crippen LogP contribution in [-0.4, -0.2) is 22.2 Å². The molecule has 150 valence electrons. The highest BCUT2D eigenvalue weighted by atomic mass is 35.5. The van der Waals surface area contributed by atoms with Gasteiger partial charge in [0.05, 0.1) is 15.8 Å². The predicted octanol–water partition coefficient (Wildman–Crippen LogP) is 7.39. The fourth-order valence-corrected chi connectivity index (χ4v) is 6.62. The number of halogens is 2. The Hall–Kier alpha value is -0.810. The minimum absolute atomic E-state index is 0.0752. The molecule has 0 saturated heterocycles. The normalized spacial score (nSPS) is 19.4. The number of carbonyl (C=O) groups is 1. The van der Waals surface area contributed by atoms with Crippen LogP contribution in [0, 0.1) is 13.8 Å². The summed E-state index contributed by atoms with van der Waals surface area (Å²) < 4.78 is 0. The summed E-state index contributed by atoms with van der Waals surface area (Å²) in [6.07, 6.45) is 4.79. The largest absolute Gasteiger partial charge is 0.325 e. The summed E-state index contributed by atoms with van der Waals surface area (Å²) in [7, 11) is 0. The maximum atomic E-state index is 12.5. The second-order valence-electron chi connectivity index (χ2n) is 7.18. The fourth-order valence-electron chi connectivity index (χ4n) is 3.48. The lowest BCUT2D eigenvalue weighted by atomic mass is 10.00. The first kappa shape index (κ1) is 21.9. The highest BCUT2D eigenvalue weighted by Gasteiger charge is 2.27. The number of thioether (sulfide) groups is 2. The Morgan fingerprint density at radius 3 is 2.39 bits per heavy atom. The van der Waals surface area contributed by atoms with E-state index in [0.29, 0.717) is 26.3 Å². The Morgan fingerprint density at radius 2 is 1.71 bits per heavy atom. The van der Waals surface area contributed by atoms with E-state index in [0.717, 1.165) is 28.1 Å². The monoisotopic (exact) mass is 453 g/mol. The molecule has 1 fully saturated rings. The van der Waals surface area contributed by atoms with Crippen molar-refractivity contribution in [2.24, 2.45) is 0 Å². The van der Waals surface area contributed by atoms with Gasteiger partial charge in [0, 0.05) is 21.1 Å². The molecule has 1 aliphatic carbocycles. The second kappa shape index (κ2) is 10.3. The van der Waals surface area contributed by atoms with Crippen LogP contribution >= 0.6 is 46.7 Å². The maximum Gasteiger partial charge on any atom is 0.234 e. The molecule has 2 aromatic rings. The predicted molar refractivity (Wildman–Crippen MR) is 125 cm³/mol. The van der Waals surface area contributed by atoms with Crippen LogP contribution in [0.15, 0.2) is 41.3 Å². The van der Waals surface area contributed by atoms with Crippen molar-refractivity contribution >= 4 is 58.3 Å². The Kier molecular flexibility index (Phi) is 8.04. The lowest BCUT2D eigenvalue weighted by Crippen LogP contribution is -2.27. The van der Waals surface area contributed by atoms with E-state index < -0.39 is 0 Å². The summed E-state index contributed by atoms with van der Waals surface area (Å²) in [6, 6.07) is 11.9. The molecule has 0 radical (unpaired) electrons. The topological polar surface area (TPSA) is 29.1 Å². The van der Waals surface area contributed by atoms with Crippen molar-refractivity contribution in [3.05, 3.63) is 57.6 Å². The number of carbonyl (C=O) groups excluding carboxylic acids is 1. The van der Waals surface area contributed by atoms with Crippen molar-refractivity contribution in [3.8, 4) is 0 Å². The zero-order valence-corrected chi connectivity index (χ0v) is 19.3. The van der Waals surface area contributed by atoms with Gasteiger partial charge in [-0.1, -0.05) is 54.2 Å². The molecule has 0 spiro atoms. The van der Waals surface area contributed by atoms with Crippen molar-refractivity contribution in [2.45, 2.75) is 54.9 Å². The van der Waals surface area contributed by atoms with E-state index in [2.05, 4.69) is 5.32 Å². The molecule has 28 heavy (non-hydrogen) atoms. The van der Waals surface area contributed by atoms with Crippen LogP contribution < -0.4 is 5.32 Å². The number of para-hydroxylation sites is 1. The lowest BCUT2D eigenvalue weighted by Gasteiger charge is -2.30. The highest BCUT2D eigenvalue weighted by Crippen LogP contribution is 2.40. The van der Waals surface area contributed by atoms with Gasteiger partial charge in [0.25, 0.3) is 0 Å². The number of nitrogens with one attached hydrogen (secondary N) is 1. The number of anilines is 1. The first-order valence-electron chi connectivity index (χ1n) is 9.53. The first-order valence-corrected chi connectivity index (χ1v) is 12.2. The average Bonchev–Trinajstić information content (AvgIpc) is 2.67. The molecule has 1 aliphatic rings. The minimum Gasteiger partial charge on any atom is -0.325 e. The van der Waals surface area contributed by atoms with Gasteiger partial charge in [0.2, 0.25) is 5.91 Å². The van der Waals surface area contributed by atoms with E-state index in [1.54, 1.807) is 11.8 Å². The quantitative estimate of drug-likeness (QED) is 0.494. The summed E-state index contributed by atoms with van der Waals surface area (Å²) in [5.74, 6) is 0.558. The Morgan fingerprint density at radius 1 is 1.04 bits per heavy atom. The second-order valence-corrected chi connectivity index (χ2v) is 10.5. The zero-order valence-electron chi connectivity index (χ0n) is 16.1. The van der Waals surface area contributed by atoms with Gasteiger partial charge in [-0.25, -0.2) is 0 Å². The van der Waals surface area contributed by atoms with Gasteiger partial charge >= 0.3 is 0 Å². The summed E-state index contributed by atoms with van der Waals surface area (Å²) in [4.78, 5) is 13.7. The van der Waals surface area contributed by atoms with Gasteiger partial charge in [-0.05, 0) is 56.0 Å². The van der Waals surface area contributed by atoms with Crippen molar-refractivity contribution in [1.82, 2.24) is 0 Å². The first-order chi connectivity index (χ1) is 13.4. The number of rotatable bonds is 6. The van der Waals surface area contributed by atoms with Crippen LogP contribution in [0.1, 0.15) is 36.8 Å². The van der Waals surface area contributed by atoms with Gasteiger partial charge in [-0.15, -0.1) is 23.5 Å². The molecule has 1 saturated carbocycles. The summed E-state index contributed by atoms with van der Waals surface area (Å²) in [5, 5.41) is 5.24. The molecule has 2 unspecified atom stereocenters. The molecule has 0 heterocycles. The van der Waals surface area contributed by atoms with Crippen LogP contribution in [0.4, 0.5) is 5.69 Å². The molecule has 1 amide bonds. The molecule has 6 heteroatoms. The van der Waals surface area contributed by atoms with Gasteiger partial charge in [-0.3, -0.25) is 4.79 Å². The third kappa shape index (κ3) is 5.85. The SMILES string of the molecule is Cc1cccc(C)c1NC(=O)CSC1CCCCC1Sc1ccc(Cl)c(Cl)c1. The molecule has 2 aromatic carbocycles. The van der Waals surface area contributed by atoms with Gasteiger partial charge in [-0.2, -0.15) is 0 Å². The van der Waals surface area contributed by atoms with E-state index in [4.69, 9.17) is 23.2 Å². The number of amides is 1. The van der Waals surface area contributed by atoms with Crippen LogP contribution in [0.5, 0.6) is 0 Å². The van der Waals surface area contributed by atoms with Crippen LogP contribution in [0.3, 0.4) is 0 Å². The van der Waals surface area contributed by atoms with Crippen molar-refractivity contribution in [2.75, 3.05) is 11.1 Å². The molecular formula is C22H25Cl2NOS2. The van der Waals surface area contributed by atoms with Gasteiger partial charge < -0.3 is 5.32 Å². The van der Waals surface area contributed by atoms with Crippen molar-refractivity contribution in [3.63, 3.8) is 0 Å². The van der Waals surface area contributed by atoms with Gasteiger partial charge in [0.15, 0.2) is 0 Å². The molecule has 0 bridgehead atoms. The Labute approximate surface area is 186 Å². The third-order valence-corrected chi connectivity index (χ3v) is 8.72.